The van der Waals surface area contributed by atoms with E-state index in [1.165, 1.54) is 38.1 Å². The highest BCUT2D eigenvalue weighted by molar-refractivity contribution is 7.89. The van der Waals surface area contributed by atoms with Gasteiger partial charge in [-0.2, -0.15) is 4.72 Å². The summed E-state index contributed by atoms with van der Waals surface area (Å²) in [5, 5.41) is 2.88. The molecular weight excluding hydrogens is 399 g/mol. The number of anilines is 1. The van der Waals surface area contributed by atoms with Crippen molar-refractivity contribution in [3.8, 4) is 0 Å². The molecule has 0 saturated carbocycles. The number of hydrogen-bond donors (Lipinski definition) is 2. The van der Waals surface area contributed by atoms with E-state index in [0.29, 0.717) is 11.3 Å². The van der Waals surface area contributed by atoms with Crippen LogP contribution < -0.4 is 10.0 Å². The fourth-order valence-electron chi connectivity index (χ4n) is 2.06. The first-order valence-corrected chi connectivity index (χ1v) is 9.73. The molecule has 0 heterocycles. The van der Waals surface area contributed by atoms with Gasteiger partial charge in [0.25, 0.3) is 0 Å². The van der Waals surface area contributed by atoms with E-state index in [-0.39, 0.29) is 20.7 Å². The lowest BCUT2D eigenvalue weighted by Crippen LogP contribution is -2.41. The van der Waals surface area contributed by atoms with Crippen LogP contribution in [0.25, 0.3) is 0 Å². The van der Waals surface area contributed by atoms with Crippen LogP contribution in [0.3, 0.4) is 0 Å². The summed E-state index contributed by atoms with van der Waals surface area (Å²) < 4.78 is 27.0. The van der Waals surface area contributed by atoms with Gasteiger partial charge in [0.15, 0.2) is 5.78 Å². The predicted octanol–water partition coefficient (Wildman–Crippen LogP) is 3.50. The third-order valence-electron chi connectivity index (χ3n) is 3.46. The standard InChI is InChI=1S/C17H16Cl2N2O4S/c1-10(17(23)20-13-5-3-4-12(8-13)11(2)22)21-26(24,25)14-6-7-15(18)16(19)9-14/h3-10,21H,1-2H3,(H,20,23)/t10-/m0/s1. The zero-order chi connectivity index (χ0) is 19.5. The van der Waals surface area contributed by atoms with E-state index in [1.807, 2.05) is 0 Å². The molecule has 0 bridgehead atoms. The van der Waals surface area contributed by atoms with Crippen molar-refractivity contribution in [1.82, 2.24) is 4.72 Å². The highest BCUT2D eigenvalue weighted by Gasteiger charge is 2.23. The smallest absolute Gasteiger partial charge is 0.242 e. The summed E-state index contributed by atoms with van der Waals surface area (Å²) in [6.07, 6.45) is 0. The van der Waals surface area contributed by atoms with Crippen LogP contribution in [0.2, 0.25) is 10.0 Å². The molecule has 6 nitrogen and oxygen atoms in total. The van der Waals surface area contributed by atoms with E-state index in [4.69, 9.17) is 23.2 Å². The fraction of sp³-hybridized carbons (Fsp3) is 0.176. The van der Waals surface area contributed by atoms with Gasteiger partial charge in [-0.05, 0) is 44.2 Å². The number of carbonyl (C=O) groups excluding carboxylic acids is 2. The van der Waals surface area contributed by atoms with Crippen molar-refractivity contribution in [2.45, 2.75) is 24.8 Å². The number of ketones is 1. The molecule has 0 aliphatic heterocycles. The summed E-state index contributed by atoms with van der Waals surface area (Å²) >= 11 is 11.6. The lowest BCUT2D eigenvalue weighted by Gasteiger charge is -2.15. The Morgan fingerprint density at radius 2 is 1.73 bits per heavy atom. The van der Waals surface area contributed by atoms with Gasteiger partial charge in [0.05, 0.1) is 21.0 Å². The van der Waals surface area contributed by atoms with E-state index >= 15 is 0 Å². The van der Waals surface area contributed by atoms with Gasteiger partial charge in [-0.1, -0.05) is 35.3 Å². The number of halogens is 2. The Balaban J connectivity index is 2.11. The van der Waals surface area contributed by atoms with Crippen LogP contribution in [0.4, 0.5) is 5.69 Å². The van der Waals surface area contributed by atoms with Crippen LogP contribution in [-0.2, 0) is 14.8 Å². The third-order valence-corrected chi connectivity index (χ3v) is 5.74. The molecule has 2 aromatic carbocycles. The van der Waals surface area contributed by atoms with Crippen molar-refractivity contribution in [2.75, 3.05) is 5.32 Å². The van der Waals surface area contributed by atoms with Gasteiger partial charge in [-0.25, -0.2) is 8.42 Å². The predicted molar refractivity (Wildman–Crippen MR) is 101 cm³/mol. The number of rotatable bonds is 6. The van der Waals surface area contributed by atoms with E-state index in [9.17, 15) is 18.0 Å². The van der Waals surface area contributed by atoms with Crippen molar-refractivity contribution in [1.29, 1.82) is 0 Å². The molecule has 0 fully saturated rings. The molecule has 0 aliphatic rings. The number of sulfonamides is 1. The normalized spacial score (nSPS) is 12.5. The summed E-state index contributed by atoms with van der Waals surface area (Å²) in [6.45, 7) is 2.81. The van der Waals surface area contributed by atoms with E-state index < -0.39 is 22.0 Å². The number of carbonyl (C=O) groups is 2. The van der Waals surface area contributed by atoms with Crippen LogP contribution in [-0.4, -0.2) is 26.2 Å². The van der Waals surface area contributed by atoms with Crippen molar-refractivity contribution >= 4 is 50.6 Å². The molecule has 0 saturated heterocycles. The molecule has 0 aliphatic carbocycles. The van der Waals surface area contributed by atoms with Gasteiger partial charge in [-0.15, -0.1) is 0 Å². The minimum Gasteiger partial charge on any atom is -0.325 e. The maximum Gasteiger partial charge on any atom is 0.242 e. The Labute approximate surface area is 161 Å². The van der Waals surface area contributed by atoms with Crippen LogP contribution in [0.1, 0.15) is 24.2 Å². The van der Waals surface area contributed by atoms with E-state index in [1.54, 1.807) is 18.2 Å². The minimum atomic E-state index is -3.97. The first kappa shape index (κ1) is 20.4. The van der Waals surface area contributed by atoms with Crippen LogP contribution in [0.15, 0.2) is 47.4 Å². The van der Waals surface area contributed by atoms with E-state index in [2.05, 4.69) is 10.0 Å². The highest BCUT2D eigenvalue weighted by Crippen LogP contribution is 2.24. The average molecular weight is 415 g/mol. The lowest BCUT2D eigenvalue weighted by molar-refractivity contribution is -0.117. The van der Waals surface area contributed by atoms with Gasteiger partial charge in [-0.3, -0.25) is 9.59 Å². The molecule has 26 heavy (non-hydrogen) atoms. The Bertz CT molecular complexity index is 961. The molecule has 0 aromatic heterocycles. The first-order valence-electron chi connectivity index (χ1n) is 7.49. The largest absolute Gasteiger partial charge is 0.325 e. The molecule has 0 unspecified atom stereocenters. The molecule has 0 spiro atoms. The quantitative estimate of drug-likeness (QED) is 0.707. The Morgan fingerprint density at radius 3 is 2.35 bits per heavy atom. The van der Waals surface area contributed by atoms with Crippen molar-refractivity contribution in [3.63, 3.8) is 0 Å². The number of hydrogen-bond acceptors (Lipinski definition) is 4. The molecule has 1 atom stereocenters. The van der Waals surface area contributed by atoms with Crippen LogP contribution in [0.5, 0.6) is 0 Å². The van der Waals surface area contributed by atoms with E-state index in [0.717, 1.165) is 0 Å². The summed E-state index contributed by atoms with van der Waals surface area (Å²) in [5.74, 6) is -0.719. The summed E-state index contributed by atoms with van der Waals surface area (Å²) in [4.78, 5) is 23.5. The molecule has 2 N–H and O–H groups in total. The number of Topliss-reactive ketones (excluding diaryl/α,β-unsaturated/α-hetero) is 1. The molecular formula is C17H16Cl2N2O4S. The average Bonchev–Trinajstić information content (AvgIpc) is 2.57. The first-order chi connectivity index (χ1) is 12.1. The van der Waals surface area contributed by atoms with Crippen molar-refractivity contribution < 1.29 is 18.0 Å². The van der Waals surface area contributed by atoms with Crippen molar-refractivity contribution in [2.24, 2.45) is 0 Å². The zero-order valence-electron chi connectivity index (χ0n) is 13.9. The van der Waals surface area contributed by atoms with Gasteiger partial charge >= 0.3 is 0 Å². The molecule has 1 amide bonds. The highest BCUT2D eigenvalue weighted by atomic mass is 35.5. The zero-order valence-corrected chi connectivity index (χ0v) is 16.2. The molecule has 9 heteroatoms. The maximum absolute atomic E-state index is 12.4. The SMILES string of the molecule is CC(=O)c1cccc(NC(=O)[C@H](C)NS(=O)(=O)c2ccc(Cl)c(Cl)c2)c1. The summed E-state index contributed by atoms with van der Waals surface area (Å²) in [6, 6.07) is 9.15. The monoisotopic (exact) mass is 414 g/mol. The lowest BCUT2D eigenvalue weighted by atomic mass is 10.1. The Morgan fingerprint density at radius 1 is 1.04 bits per heavy atom. The third kappa shape index (κ3) is 5.04. The Hall–Kier alpha value is -1.93. The molecule has 2 aromatic rings. The fourth-order valence-corrected chi connectivity index (χ4v) is 3.66. The maximum atomic E-state index is 12.4. The molecule has 138 valence electrons. The molecule has 0 radical (unpaired) electrons. The van der Waals surface area contributed by atoms with Gasteiger partial charge in [0.1, 0.15) is 0 Å². The van der Waals surface area contributed by atoms with Gasteiger partial charge in [0, 0.05) is 11.3 Å². The van der Waals surface area contributed by atoms with Gasteiger partial charge in [0.2, 0.25) is 15.9 Å². The summed E-state index contributed by atoms with van der Waals surface area (Å²) in [7, 11) is -3.97. The second kappa shape index (κ2) is 8.18. The second-order valence-corrected chi connectivity index (χ2v) is 8.07. The minimum absolute atomic E-state index is 0.0905. The number of nitrogens with one attached hydrogen (secondary N) is 2. The Kier molecular flexibility index (Phi) is 6.41. The summed E-state index contributed by atoms with van der Waals surface area (Å²) in [5.41, 5.74) is 0.829. The van der Waals surface area contributed by atoms with Crippen LogP contribution >= 0.6 is 23.2 Å². The number of amides is 1. The number of benzene rings is 2. The molecule has 2 rings (SSSR count). The second-order valence-electron chi connectivity index (χ2n) is 5.55. The van der Waals surface area contributed by atoms with Crippen LogP contribution in [0, 0.1) is 0 Å². The topological polar surface area (TPSA) is 92.3 Å². The van der Waals surface area contributed by atoms with Crippen molar-refractivity contribution in [3.05, 3.63) is 58.1 Å². The van der Waals surface area contributed by atoms with Gasteiger partial charge < -0.3 is 5.32 Å².